The van der Waals surface area contributed by atoms with Crippen LogP contribution in [0.25, 0.3) is 0 Å². The first kappa shape index (κ1) is 20.5. The topological polar surface area (TPSA) is 88.1 Å². The van der Waals surface area contributed by atoms with Gasteiger partial charge in [-0.1, -0.05) is 10.6 Å². The average molecular weight is 413 g/mol. The molecule has 2 aromatic heterocycles. The van der Waals surface area contributed by atoms with Crippen molar-refractivity contribution in [1.82, 2.24) is 19.9 Å². The maximum Gasteiger partial charge on any atom is 0.280 e. The molecule has 3 rings (SSSR count). The normalized spacial score (nSPS) is 12.3. The van der Waals surface area contributed by atoms with Crippen LogP contribution in [0.4, 0.5) is 10.1 Å². The smallest absolute Gasteiger partial charge is 0.280 e. The van der Waals surface area contributed by atoms with Gasteiger partial charge in [0, 0.05) is 34.6 Å². The van der Waals surface area contributed by atoms with Crippen molar-refractivity contribution in [1.29, 1.82) is 0 Å². The number of carbonyl (C=O) groups excluding carboxylic acids is 2. The fourth-order valence-corrected chi connectivity index (χ4v) is 3.19. The SMILES string of the molecule is CC(C)(C)NC(=O)[C@@H](c1cccnc1)N(C(=O)c1csnn1)c1ccc(F)cc1. The molecule has 9 heteroatoms. The number of halogens is 1. The number of amides is 2. The molecule has 150 valence electrons. The lowest BCUT2D eigenvalue weighted by molar-refractivity contribution is -0.123. The fraction of sp³-hybridized carbons (Fsp3) is 0.250. The number of hydrogen-bond acceptors (Lipinski definition) is 6. The van der Waals surface area contributed by atoms with E-state index in [0.29, 0.717) is 11.3 Å². The highest BCUT2D eigenvalue weighted by atomic mass is 32.1. The van der Waals surface area contributed by atoms with Crippen LogP contribution in [0.1, 0.15) is 42.9 Å². The van der Waals surface area contributed by atoms with Crippen LogP contribution in [-0.4, -0.2) is 31.9 Å². The highest BCUT2D eigenvalue weighted by Gasteiger charge is 2.35. The first-order valence-corrected chi connectivity index (χ1v) is 9.68. The summed E-state index contributed by atoms with van der Waals surface area (Å²) in [5.41, 5.74) is 0.422. The van der Waals surface area contributed by atoms with E-state index in [1.54, 1.807) is 18.3 Å². The number of pyridine rings is 1. The lowest BCUT2D eigenvalue weighted by Gasteiger charge is -2.33. The Morgan fingerprint density at radius 3 is 2.45 bits per heavy atom. The molecule has 1 aromatic carbocycles. The molecule has 0 saturated carbocycles. The zero-order valence-corrected chi connectivity index (χ0v) is 17.0. The van der Waals surface area contributed by atoms with Gasteiger partial charge < -0.3 is 5.32 Å². The highest BCUT2D eigenvalue weighted by molar-refractivity contribution is 7.03. The molecule has 7 nitrogen and oxygen atoms in total. The molecule has 0 aliphatic heterocycles. The lowest BCUT2D eigenvalue weighted by Crippen LogP contribution is -2.49. The van der Waals surface area contributed by atoms with Crippen molar-refractivity contribution in [3.05, 3.63) is 71.2 Å². The summed E-state index contributed by atoms with van der Waals surface area (Å²) >= 11 is 1.03. The van der Waals surface area contributed by atoms with Crippen molar-refractivity contribution in [2.75, 3.05) is 4.90 Å². The van der Waals surface area contributed by atoms with Crippen molar-refractivity contribution in [2.24, 2.45) is 0 Å². The molecule has 2 amide bonds. The van der Waals surface area contributed by atoms with Crippen LogP contribution in [0.15, 0.2) is 54.2 Å². The summed E-state index contributed by atoms with van der Waals surface area (Å²) < 4.78 is 17.3. The Labute approximate surface area is 171 Å². The second kappa shape index (κ2) is 8.44. The Morgan fingerprint density at radius 2 is 1.90 bits per heavy atom. The highest BCUT2D eigenvalue weighted by Crippen LogP contribution is 2.30. The molecule has 1 atom stereocenters. The minimum atomic E-state index is -1.04. The molecule has 0 radical (unpaired) electrons. The third kappa shape index (κ3) is 5.00. The van der Waals surface area contributed by atoms with E-state index >= 15 is 0 Å². The minimum Gasteiger partial charge on any atom is -0.349 e. The molecule has 0 unspecified atom stereocenters. The van der Waals surface area contributed by atoms with E-state index in [4.69, 9.17) is 0 Å². The predicted molar refractivity (Wildman–Crippen MR) is 108 cm³/mol. The van der Waals surface area contributed by atoms with E-state index in [9.17, 15) is 14.0 Å². The number of anilines is 1. The van der Waals surface area contributed by atoms with Crippen LogP contribution in [0.5, 0.6) is 0 Å². The van der Waals surface area contributed by atoms with Gasteiger partial charge in [0.25, 0.3) is 5.91 Å². The molecule has 2 heterocycles. The van der Waals surface area contributed by atoms with Crippen LogP contribution in [0.2, 0.25) is 0 Å². The van der Waals surface area contributed by atoms with E-state index in [-0.39, 0.29) is 5.69 Å². The molecule has 1 N–H and O–H groups in total. The van der Waals surface area contributed by atoms with Gasteiger partial charge in [-0.2, -0.15) is 0 Å². The van der Waals surface area contributed by atoms with Gasteiger partial charge in [0.2, 0.25) is 5.91 Å². The van der Waals surface area contributed by atoms with Gasteiger partial charge in [0.15, 0.2) is 5.69 Å². The van der Waals surface area contributed by atoms with Gasteiger partial charge in [0.05, 0.1) is 0 Å². The van der Waals surface area contributed by atoms with Crippen LogP contribution < -0.4 is 10.2 Å². The van der Waals surface area contributed by atoms with Crippen molar-refractivity contribution in [3.63, 3.8) is 0 Å². The van der Waals surface area contributed by atoms with Crippen LogP contribution in [-0.2, 0) is 4.79 Å². The van der Waals surface area contributed by atoms with Crippen LogP contribution in [0.3, 0.4) is 0 Å². The molecule has 0 spiro atoms. The third-order valence-electron chi connectivity index (χ3n) is 3.91. The standard InChI is InChI=1S/C20H20FN5O2S/c1-20(2,3)23-18(27)17(13-5-4-10-22-11-13)26(15-8-6-14(21)7-9-15)19(28)16-12-29-25-24-16/h4-12,17H,1-3H3,(H,23,27)/t17-/m1/s1. The minimum absolute atomic E-state index is 0.0942. The number of nitrogens with one attached hydrogen (secondary N) is 1. The second-order valence-corrected chi connectivity index (χ2v) is 7.98. The summed E-state index contributed by atoms with van der Waals surface area (Å²) in [5, 5.41) is 8.26. The van der Waals surface area contributed by atoms with Gasteiger partial charge in [-0.25, -0.2) is 4.39 Å². The number of benzene rings is 1. The Balaban J connectivity index is 2.15. The summed E-state index contributed by atoms with van der Waals surface area (Å²) in [6, 6.07) is 7.71. The summed E-state index contributed by atoms with van der Waals surface area (Å²) in [6.07, 6.45) is 3.10. The third-order valence-corrected chi connectivity index (χ3v) is 4.41. The monoisotopic (exact) mass is 413 g/mol. The number of aromatic nitrogens is 3. The molecule has 0 bridgehead atoms. The largest absolute Gasteiger partial charge is 0.349 e. The molecule has 3 aromatic rings. The first-order chi connectivity index (χ1) is 13.8. The number of carbonyl (C=O) groups is 2. The molecule has 0 fully saturated rings. The predicted octanol–water partition coefficient (Wildman–Crippen LogP) is 3.38. The number of hydrogen-bond donors (Lipinski definition) is 1. The molecular weight excluding hydrogens is 393 g/mol. The van der Waals surface area contributed by atoms with Gasteiger partial charge >= 0.3 is 0 Å². The van der Waals surface area contributed by atoms with Gasteiger partial charge in [-0.15, -0.1) is 5.10 Å². The summed E-state index contributed by atoms with van der Waals surface area (Å²) in [5.74, 6) is -1.37. The summed E-state index contributed by atoms with van der Waals surface area (Å²) in [7, 11) is 0. The molecular formula is C20H20FN5O2S. The average Bonchev–Trinajstić information content (AvgIpc) is 3.20. The quantitative estimate of drug-likeness (QED) is 0.693. The van der Waals surface area contributed by atoms with E-state index < -0.39 is 29.2 Å². The Kier molecular flexibility index (Phi) is 5.97. The molecule has 0 aliphatic rings. The molecule has 0 aliphatic carbocycles. The van der Waals surface area contributed by atoms with Gasteiger partial charge in [-0.3, -0.25) is 19.5 Å². The molecule has 0 saturated heterocycles. The van der Waals surface area contributed by atoms with Gasteiger partial charge in [0.1, 0.15) is 11.9 Å². The lowest BCUT2D eigenvalue weighted by atomic mass is 10.0. The Hall–Kier alpha value is -3.20. The zero-order valence-electron chi connectivity index (χ0n) is 16.2. The second-order valence-electron chi connectivity index (χ2n) is 7.37. The van der Waals surface area contributed by atoms with Crippen molar-refractivity contribution >= 4 is 29.0 Å². The number of nitrogens with zero attached hydrogens (tertiary/aromatic N) is 4. The maximum absolute atomic E-state index is 13.5. The van der Waals surface area contributed by atoms with E-state index in [1.807, 2.05) is 20.8 Å². The van der Waals surface area contributed by atoms with E-state index in [0.717, 1.165) is 11.5 Å². The summed E-state index contributed by atoms with van der Waals surface area (Å²) in [4.78, 5) is 32.0. The molecule has 29 heavy (non-hydrogen) atoms. The van der Waals surface area contributed by atoms with Crippen molar-refractivity contribution < 1.29 is 14.0 Å². The zero-order chi connectivity index (χ0) is 21.0. The van der Waals surface area contributed by atoms with Crippen molar-refractivity contribution in [3.8, 4) is 0 Å². The van der Waals surface area contributed by atoms with Crippen molar-refractivity contribution in [2.45, 2.75) is 32.4 Å². The van der Waals surface area contributed by atoms with Gasteiger partial charge in [-0.05, 0) is 62.6 Å². The summed E-state index contributed by atoms with van der Waals surface area (Å²) in [6.45, 7) is 5.54. The van der Waals surface area contributed by atoms with Crippen LogP contribution in [0, 0.1) is 5.82 Å². The first-order valence-electron chi connectivity index (χ1n) is 8.84. The van der Waals surface area contributed by atoms with E-state index in [2.05, 4.69) is 19.9 Å². The Bertz CT molecular complexity index is 972. The van der Waals surface area contributed by atoms with E-state index in [1.165, 1.54) is 40.7 Å². The Morgan fingerprint density at radius 1 is 1.17 bits per heavy atom. The number of rotatable bonds is 5. The van der Waals surface area contributed by atoms with Crippen LogP contribution >= 0.6 is 11.5 Å². The maximum atomic E-state index is 13.5. The fourth-order valence-electron chi connectivity index (χ4n) is 2.76.